The van der Waals surface area contributed by atoms with E-state index in [1.807, 2.05) is 38.1 Å². The van der Waals surface area contributed by atoms with E-state index in [0.717, 1.165) is 22.7 Å². The number of aryl methyl sites for hydroxylation is 1. The molecule has 7 heteroatoms. The molecule has 2 aromatic rings. The lowest BCUT2D eigenvalue weighted by Crippen LogP contribution is -2.35. The lowest BCUT2D eigenvalue weighted by Gasteiger charge is -2.18. The summed E-state index contributed by atoms with van der Waals surface area (Å²) in [5.74, 6) is 0.654. The number of carbonyl (C=O) groups is 1. The number of ether oxygens (including phenoxy) is 1. The fraction of sp³-hybridized carbons (Fsp3) is 0.412. The average Bonchev–Trinajstić information content (AvgIpc) is 3.00. The summed E-state index contributed by atoms with van der Waals surface area (Å²) in [7, 11) is 0. The lowest BCUT2D eigenvalue weighted by molar-refractivity contribution is 0.0921. The van der Waals surface area contributed by atoms with Crippen molar-refractivity contribution in [2.75, 3.05) is 13.1 Å². The Balaban J connectivity index is 0.00000288. The second-order valence-electron chi connectivity index (χ2n) is 5.34. The highest BCUT2D eigenvalue weighted by atomic mass is 35.5. The predicted molar refractivity (Wildman–Crippen MR) is 100 cm³/mol. The first-order valence-corrected chi connectivity index (χ1v) is 8.66. The summed E-state index contributed by atoms with van der Waals surface area (Å²) in [5.41, 5.74) is 7.09. The van der Waals surface area contributed by atoms with Crippen LogP contribution in [0.3, 0.4) is 0 Å². The van der Waals surface area contributed by atoms with Crippen LogP contribution < -0.4 is 15.8 Å². The number of halogens is 1. The van der Waals surface area contributed by atoms with Crippen molar-refractivity contribution < 1.29 is 9.53 Å². The number of carbonyl (C=O) groups excluding carboxylic acids is 1. The maximum absolute atomic E-state index is 12.1. The van der Waals surface area contributed by atoms with Crippen LogP contribution in [0.15, 0.2) is 29.6 Å². The molecule has 1 amide bonds. The van der Waals surface area contributed by atoms with Gasteiger partial charge in [-0.3, -0.25) is 4.79 Å². The van der Waals surface area contributed by atoms with Crippen LogP contribution in [0.4, 0.5) is 0 Å². The molecule has 24 heavy (non-hydrogen) atoms. The summed E-state index contributed by atoms with van der Waals surface area (Å²) in [6.45, 7) is 5.05. The standard InChI is InChI=1S/C17H23N3O2S.ClH/c1-3-13(22-14-6-4-5-12(2)9-14)10-19-17(21)15-11-23-16(20-15)7-8-18;/h4-6,9,11,13H,3,7-8,10,18H2,1-2H3,(H,19,21);1H. The van der Waals surface area contributed by atoms with Crippen LogP contribution in [0, 0.1) is 6.92 Å². The number of nitrogens with one attached hydrogen (secondary N) is 1. The predicted octanol–water partition coefficient (Wildman–Crippen LogP) is 2.96. The summed E-state index contributed by atoms with van der Waals surface area (Å²) >= 11 is 1.46. The van der Waals surface area contributed by atoms with Crippen LogP contribution in [-0.2, 0) is 6.42 Å². The van der Waals surface area contributed by atoms with Gasteiger partial charge in [0.05, 0.1) is 11.6 Å². The molecule has 3 N–H and O–H groups in total. The van der Waals surface area contributed by atoms with E-state index in [-0.39, 0.29) is 24.4 Å². The molecule has 1 aromatic heterocycles. The highest BCUT2D eigenvalue weighted by molar-refractivity contribution is 7.09. The summed E-state index contributed by atoms with van der Waals surface area (Å²) in [6, 6.07) is 7.90. The minimum atomic E-state index is -0.171. The average molecular weight is 370 g/mol. The Hall–Kier alpha value is -1.63. The van der Waals surface area contributed by atoms with Gasteiger partial charge in [-0.15, -0.1) is 23.7 Å². The van der Waals surface area contributed by atoms with Crippen LogP contribution >= 0.6 is 23.7 Å². The summed E-state index contributed by atoms with van der Waals surface area (Å²) in [5, 5.41) is 5.55. The molecule has 0 aliphatic heterocycles. The molecule has 0 radical (unpaired) electrons. The van der Waals surface area contributed by atoms with Gasteiger partial charge in [-0.2, -0.15) is 0 Å². The fourth-order valence-electron chi connectivity index (χ4n) is 2.10. The first-order chi connectivity index (χ1) is 11.1. The van der Waals surface area contributed by atoms with Crippen LogP contribution in [0.2, 0.25) is 0 Å². The molecule has 0 aliphatic rings. The van der Waals surface area contributed by atoms with E-state index in [4.69, 9.17) is 10.5 Å². The van der Waals surface area contributed by atoms with Gasteiger partial charge in [-0.05, 0) is 37.6 Å². The van der Waals surface area contributed by atoms with Crippen LogP contribution in [-0.4, -0.2) is 30.1 Å². The smallest absolute Gasteiger partial charge is 0.270 e. The number of rotatable bonds is 8. The second kappa shape index (κ2) is 10.3. The Labute approximate surface area is 153 Å². The number of hydrogen-bond acceptors (Lipinski definition) is 5. The van der Waals surface area contributed by atoms with E-state index < -0.39 is 0 Å². The zero-order valence-corrected chi connectivity index (χ0v) is 15.6. The first-order valence-electron chi connectivity index (χ1n) is 7.78. The zero-order chi connectivity index (χ0) is 16.7. The Bertz CT molecular complexity index is 648. The highest BCUT2D eigenvalue weighted by Gasteiger charge is 2.14. The lowest BCUT2D eigenvalue weighted by atomic mass is 10.2. The molecule has 1 aromatic carbocycles. The van der Waals surface area contributed by atoms with E-state index in [9.17, 15) is 4.79 Å². The summed E-state index contributed by atoms with van der Waals surface area (Å²) in [4.78, 5) is 16.4. The van der Waals surface area contributed by atoms with Gasteiger partial charge in [0, 0.05) is 11.8 Å². The van der Waals surface area contributed by atoms with Crippen molar-refractivity contribution in [3.8, 4) is 5.75 Å². The number of nitrogens with two attached hydrogens (primary N) is 1. The zero-order valence-electron chi connectivity index (χ0n) is 14.0. The molecule has 1 unspecified atom stereocenters. The number of nitrogens with zero attached hydrogens (tertiary/aromatic N) is 1. The van der Waals surface area contributed by atoms with Crippen LogP contribution in [0.1, 0.15) is 34.4 Å². The van der Waals surface area contributed by atoms with Crippen molar-refractivity contribution in [2.24, 2.45) is 5.73 Å². The molecule has 0 saturated carbocycles. The van der Waals surface area contributed by atoms with Crippen LogP contribution in [0.25, 0.3) is 0 Å². The van der Waals surface area contributed by atoms with Gasteiger partial charge in [0.1, 0.15) is 17.5 Å². The molecule has 0 aliphatic carbocycles. The van der Waals surface area contributed by atoms with Gasteiger partial charge in [0.25, 0.3) is 5.91 Å². The minimum absolute atomic E-state index is 0. The molecule has 1 atom stereocenters. The van der Waals surface area contributed by atoms with Gasteiger partial charge >= 0.3 is 0 Å². The number of thiazole rings is 1. The highest BCUT2D eigenvalue weighted by Crippen LogP contribution is 2.15. The normalized spacial score (nSPS) is 11.5. The van der Waals surface area contributed by atoms with Crippen molar-refractivity contribution in [1.29, 1.82) is 0 Å². The van der Waals surface area contributed by atoms with Crippen molar-refractivity contribution in [1.82, 2.24) is 10.3 Å². The molecule has 0 bridgehead atoms. The number of hydrogen-bond donors (Lipinski definition) is 2. The molecular formula is C17H24ClN3O2S. The molecule has 132 valence electrons. The van der Waals surface area contributed by atoms with Gasteiger partial charge < -0.3 is 15.8 Å². The molecule has 5 nitrogen and oxygen atoms in total. The van der Waals surface area contributed by atoms with E-state index >= 15 is 0 Å². The Morgan fingerprint density at radius 3 is 2.92 bits per heavy atom. The quantitative estimate of drug-likeness (QED) is 0.749. The topological polar surface area (TPSA) is 77.2 Å². The van der Waals surface area contributed by atoms with Crippen molar-refractivity contribution in [2.45, 2.75) is 32.8 Å². The third-order valence-electron chi connectivity index (χ3n) is 3.38. The Kier molecular flexibility index (Phi) is 8.74. The molecule has 2 rings (SSSR count). The second-order valence-corrected chi connectivity index (χ2v) is 6.28. The van der Waals surface area contributed by atoms with Crippen molar-refractivity contribution >= 4 is 29.7 Å². The van der Waals surface area contributed by atoms with E-state index in [0.29, 0.717) is 25.2 Å². The van der Waals surface area contributed by atoms with Gasteiger partial charge in [0.15, 0.2) is 0 Å². The molecule has 0 spiro atoms. The van der Waals surface area contributed by atoms with E-state index in [1.165, 1.54) is 11.3 Å². The molecule has 1 heterocycles. The summed E-state index contributed by atoms with van der Waals surface area (Å²) < 4.78 is 5.93. The first kappa shape index (κ1) is 20.4. The van der Waals surface area contributed by atoms with Gasteiger partial charge in [-0.25, -0.2) is 4.98 Å². The summed E-state index contributed by atoms with van der Waals surface area (Å²) in [6.07, 6.45) is 1.44. The van der Waals surface area contributed by atoms with Crippen molar-refractivity contribution in [3.63, 3.8) is 0 Å². The van der Waals surface area contributed by atoms with Crippen LogP contribution in [0.5, 0.6) is 5.75 Å². The third-order valence-corrected chi connectivity index (χ3v) is 4.29. The Morgan fingerprint density at radius 2 is 2.25 bits per heavy atom. The maximum Gasteiger partial charge on any atom is 0.270 e. The Morgan fingerprint density at radius 1 is 1.46 bits per heavy atom. The number of amides is 1. The monoisotopic (exact) mass is 369 g/mol. The fourth-order valence-corrected chi connectivity index (χ4v) is 2.90. The van der Waals surface area contributed by atoms with Gasteiger partial charge in [0.2, 0.25) is 0 Å². The van der Waals surface area contributed by atoms with E-state index in [1.54, 1.807) is 5.38 Å². The minimum Gasteiger partial charge on any atom is -0.489 e. The third kappa shape index (κ3) is 6.11. The molecule has 0 saturated heterocycles. The van der Waals surface area contributed by atoms with Crippen molar-refractivity contribution in [3.05, 3.63) is 45.9 Å². The van der Waals surface area contributed by atoms with Gasteiger partial charge in [-0.1, -0.05) is 19.1 Å². The molecule has 0 fully saturated rings. The van der Waals surface area contributed by atoms with E-state index in [2.05, 4.69) is 10.3 Å². The number of benzene rings is 1. The molecular weight excluding hydrogens is 346 g/mol. The SMILES string of the molecule is CCC(CNC(=O)c1csc(CCN)n1)Oc1cccc(C)c1.Cl. The largest absolute Gasteiger partial charge is 0.489 e. The maximum atomic E-state index is 12.1. The number of aromatic nitrogens is 1.